The quantitative estimate of drug-likeness (QED) is 0.504. The predicted molar refractivity (Wildman–Crippen MR) is 81.9 cm³/mol. The highest BCUT2D eigenvalue weighted by Gasteiger charge is 2.45. The molecule has 0 aromatic heterocycles. The normalized spacial score (nSPS) is 29.0. The van der Waals surface area contributed by atoms with Gasteiger partial charge < -0.3 is 5.11 Å². The Hall–Kier alpha value is -1.88. The second kappa shape index (κ2) is 5.72. The van der Waals surface area contributed by atoms with E-state index in [0.29, 0.717) is 23.3 Å². The average molecular weight is 322 g/mol. The average Bonchev–Trinajstić information content (AvgIpc) is 3.06. The van der Waals surface area contributed by atoms with Crippen LogP contribution in [0.2, 0.25) is 5.02 Å². The van der Waals surface area contributed by atoms with E-state index in [1.165, 1.54) is 6.07 Å². The minimum Gasteiger partial charge on any atom is -0.481 e. The van der Waals surface area contributed by atoms with Gasteiger partial charge in [-0.3, -0.25) is 14.9 Å². The zero-order valence-corrected chi connectivity index (χ0v) is 12.6. The summed E-state index contributed by atoms with van der Waals surface area (Å²) in [5.41, 5.74) is 0.811. The van der Waals surface area contributed by atoms with Crippen LogP contribution in [0.3, 0.4) is 0 Å². The second-order valence-corrected chi connectivity index (χ2v) is 6.44. The highest BCUT2D eigenvalue weighted by molar-refractivity contribution is 6.31. The summed E-state index contributed by atoms with van der Waals surface area (Å²) < 4.78 is 0. The van der Waals surface area contributed by atoms with Crippen molar-refractivity contribution in [1.29, 1.82) is 0 Å². The number of carboxylic acids is 1. The first kappa shape index (κ1) is 15.0. The van der Waals surface area contributed by atoms with Crippen LogP contribution in [0.5, 0.6) is 0 Å². The molecule has 5 nitrogen and oxygen atoms in total. The molecule has 3 rings (SSSR count). The van der Waals surface area contributed by atoms with Crippen LogP contribution in [0, 0.1) is 27.9 Å². The van der Waals surface area contributed by atoms with Crippen molar-refractivity contribution < 1.29 is 14.8 Å². The largest absolute Gasteiger partial charge is 0.481 e. The maximum absolute atomic E-state index is 11.0. The van der Waals surface area contributed by atoms with E-state index in [1.54, 1.807) is 12.1 Å². The molecule has 22 heavy (non-hydrogen) atoms. The summed E-state index contributed by atoms with van der Waals surface area (Å²) in [6.45, 7) is 0. The molecule has 2 aliphatic carbocycles. The summed E-state index contributed by atoms with van der Waals surface area (Å²) in [4.78, 5) is 21.5. The first-order valence-corrected chi connectivity index (χ1v) is 7.69. The van der Waals surface area contributed by atoms with Gasteiger partial charge in [0.05, 0.1) is 4.92 Å². The number of carboxylic acid groups (broad SMARTS) is 1. The molecule has 0 amide bonds. The van der Waals surface area contributed by atoms with Crippen molar-refractivity contribution in [2.24, 2.45) is 17.8 Å². The third kappa shape index (κ3) is 2.61. The topological polar surface area (TPSA) is 80.4 Å². The number of aliphatic carboxylic acids is 1. The zero-order chi connectivity index (χ0) is 15.9. The summed E-state index contributed by atoms with van der Waals surface area (Å²) in [5, 5.41) is 20.5. The van der Waals surface area contributed by atoms with Crippen molar-refractivity contribution in [2.75, 3.05) is 0 Å². The number of hydrogen-bond acceptors (Lipinski definition) is 3. The van der Waals surface area contributed by atoms with Crippen molar-refractivity contribution >= 4 is 23.3 Å². The van der Waals surface area contributed by atoms with Crippen molar-refractivity contribution in [3.63, 3.8) is 0 Å². The maximum atomic E-state index is 11.0. The van der Waals surface area contributed by atoms with Crippen molar-refractivity contribution in [1.82, 2.24) is 0 Å². The van der Waals surface area contributed by atoms with E-state index in [0.717, 1.165) is 12.0 Å². The summed E-state index contributed by atoms with van der Waals surface area (Å²) in [7, 11) is 0. The number of non-ortho nitro benzene ring substituents is 1. The molecule has 1 saturated carbocycles. The maximum Gasteiger partial charge on any atom is 0.303 e. The van der Waals surface area contributed by atoms with E-state index in [2.05, 4.69) is 12.2 Å². The fourth-order valence-corrected chi connectivity index (χ4v) is 4.21. The monoisotopic (exact) mass is 321 g/mol. The van der Waals surface area contributed by atoms with Gasteiger partial charge >= 0.3 is 5.97 Å². The number of benzene rings is 1. The summed E-state index contributed by atoms with van der Waals surface area (Å²) in [5.74, 6) is 0.0935. The van der Waals surface area contributed by atoms with E-state index in [9.17, 15) is 14.9 Å². The van der Waals surface area contributed by atoms with Crippen LogP contribution in [-0.4, -0.2) is 16.0 Å². The van der Waals surface area contributed by atoms with E-state index < -0.39 is 10.9 Å². The molecule has 0 aliphatic heterocycles. The van der Waals surface area contributed by atoms with Crippen molar-refractivity contribution in [3.8, 4) is 0 Å². The molecule has 6 heteroatoms. The number of carbonyl (C=O) groups is 1. The van der Waals surface area contributed by atoms with Gasteiger partial charge in [0.1, 0.15) is 0 Å². The molecule has 0 saturated heterocycles. The molecule has 4 atom stereocenters. The third-order valence-electron chi connectivity index (χ3n) is 4.86. The van der Waals surface area contributed by atoms with Gasteiger partial charge in [-0.1, -0.05) is 23.8 Å². The highest BCUT2D eigenvalue weighted by Crippen LogP contribution is 2.55. The van der Waals surface area contributed by atoms with Crippen LogP contribution < -0.4 is 0 Å². The smallest absolute Gasteiger partial charge is 0.303 e. The van der Waals surface area contributed by atoms with Crippen LogP contribution in [0.25, 0.3) is 0 Å². The molecule has 2 aliphatic rings. The first-order chi connectivity index (χ1) is 10.5. The fourth-order valence-electron chi connectivity index (χ4n) is 3.97. The Morgan fingerprint density at radius 1 is 1.36 bits per heavy atom. The van der Waals surface area contributed by atoms with Crippen LogP contribution in [-0.2, 0) is 4.79 Å². The molecule has 116 valence electrons. The molecule has 2 bridgehead atoms. The van der Waals surface area contributed by atoms with Gasteiger partial charge in [-0.2, -0.15) is 0 Å². The van der Waals surface area contributed by atoms with Crippen LogP contribution in [0.4, 0.5) is 5.69 Å². The van der Waals surface area contributed by atoms with E-state index in [-0.39, 0.29) is 23.9 Å². The summed E-state index contributed by atoms with van der Waals surface area (Å²) in [6.07, 6.45) is 5.96. The van der Waals surface area contributed by atoms with Gasteiger partial charge in [-0.05, 0) is 48.1 Å². The van der Waals surface area contributed by atoms with Gasteiger partial charge in [0.2, 0.25) is 0 Å². The molecule has 4 unspecified atom stereocenters. The number of hydrogen-bond donors (Lipinski definition) is 1. The lowest BCUT2D eigenvalue weighted by atomic mass is 9.76. The minimum atomic E-state index is -0.810. The Labute approximate surface area is 132 Å². The number of fused-ring (bicyclic) bond motifs is 2. The van der Waals surface area contributed by atoms with Crippen molar-refractivity contribution in [2.45, 2.75) is 25.2 Å². The fraction of sp³-hybridized carbons (Fsp3) is 0.438. The molecule has 1 fully saturated rings. The number of nitro groups is 1. The number of allylic oxidation sites excluding steroid dienone is 2. The van der Waals surface area contributed by atoms with Gasteiger partial charge in [0.15, 0.2) is 0 Å². The van der Waals surface area contributed by atoms with E-state index in [4.69, 9.17) is 16.7 Å². The predicted octanol–water partition coefficient (Wildman–Crippen LogP) is 4.02. The number of halogens is 1. The highest BCUT2D eigenvalue weighted by atomic mass is 35.5. The standard InChI is InChI=1S/C16H16ClNO4/c17-14-5-3-11(18(21)22)8-13(14)16-10-2-1-9(7-10)12(16)4-6-15(19)20/h1-3,5,8-10,12,16H,4,6-7H2,(H,19,20). The molecule has 1 aromatic rings. The summed E-state index contributed by atoms with van der Waals surface area (Å²) >= 11 is 6.28. The van der Waals surface area contributed by atoms with Crippen LogP contribution in [0.15, 0.2) is 30.4 Å². The van der Waals surface area contributed by atoms with Crippen LogP contribution >= 0.6 is 11.6 Å². The Balaban J connectivity index is 1.94. The second-order valence-electron chi connectivity index (χ2n) is 6.03. The van der Waals surface area contributed by atoms with Gasteiger partial charge in [-0.25, -0.2) is 0 Å². The molecular formula is C16H16ClNO4. The lowest BCUT2D eigenvalue weighted by Gasteiger charge is -2.28. The van der Waals surface area contributed by atoms with Crippen LogP contribution in [0.1, 0.15) is 30.7 Å². The third-order valence-corrected chi connectivity index (χ3v) is 5.21. The lowest BCUT2D eigenvalue weighted by Crippen LogP contribution is -2.19. The number of nitro benzene ring substituents is 1. The SMILES string of the molecule is O=C(O)CCC1C2C=CC(C2)C1c1cc([N+](=O)[O-])ccc1Cl. The number of nitrogens with zero attached hydrogens (tertiary/aromatic N) is 1. The van der Waals surface area contributed by atoms with Gasteiger partial charge in [0, 0.05) is 23.6 Å². The summed E-state index contributed by atoms with van der Waals surface area (Å²) in [6, 6.07) is 4.52. The molecule has 1 N–H and O–H groups in total. The minimum absolute atomic E-state index is 0.0307. The number of rotatable bonds is 5. The van der Waals surface area contributed by atoms with Gasteiger partial charge in [0.25, 0.3) is 5.69 Å². The Morgan fingerprint density at radius 2 is 2.09 bits per heavy atom. The first-order valence-electron chi connectivity index (χ1n) is 7.31. The Bertz CT molecular complexity index is 658. The van der Waals surface area contributed by atoms with E-state index in [1.807, 2.05) is 0 Å². The lowest BCUT2D eigenvalue weighted by molar-refractivity contribution is -0.384. The Morgan fingerprint density at radius 3 is 2.77 bits per heavy atom. The zero-order valence-electron chi connectivity index (χ0n) is 11.8. The van der Waals surface area contributed by atoms with Crippen molar-refractivity contribution in [3.05, 3.63) is 51.1 Å². The Kier molecular flexibility index (Phi) is 3.91. The molecule has 0 spiro atoms. The molecule has 0 heterocycles. The van der Waals surface area contributed by atoms with Gasteiger partial charge in [-0.15, -0.1) is 0 Å². The molecule has 1 aromatic carbocycles. The molecular weight excluding hydrogens is 306 g/mol. The van der Waals surface area contributed by atoms with E-state index >= 15 is 0 Å². The molecule has 0 radical (unpaired) electrons.